The first-order valence-corrected chi connectivity index (χ1v) is 10.3. The molecule has 0 saturated heterocycles. The van der Waals surface area contributed by atoms with Crippen LogP contribution in [0, 0.1) is 5.92 Å². The first-order chi connectivity index (χ1) is 15.0. The van der Waals surface area contributed by atoms with Gasteiger partial charge >= 0.3 is 18.3 Å². The van der Waals surface area contributed by atoms with Crippen LogP contribution in [0.5, 0.6) is 11.5 Å². The van der Waals surface area contributed by atoms with Crippen molar-refractivity contribution in [2.75, 3.05) is 0 Å². The Labute approximate surface area is 188 Å². The predicted molar refractivity (Wildman–Crippen MR) is 111 cm³/mol. The first kappa shape index (κ1) is 26.5. The van der Waals surface area contributed by atoms with E-state index in [-0.39, 0.29) is 11.5 Å². The Balaban J connectivity index is 2.61. The maximum absolute atomic E-state index is 14.2. The lowest BCUT2D eigenvalue weighted by Gasteiger charge is -2.38. The van der Waals surface area contributed by atoms with Gasteiger partial charge in [-0.25, -0.2) is 0 Å². The maximum atomic E-state index is 14.2. The smallest absolute Gasteiger partial charge is 0.411 e. The molecule has 0 bridgehead atoms. The van der Waals surface area contributed by atoms with Crippen molar-refractivity contribution in [3.63, 3.8) is 0 Å². The number of halogens is 6. The fraction of sp³-hybridized carbons (Fsp3) is 0.458. The normalized spacial score (nSPS) is 13.2. The summed E-state index contributed by atoms with van der Waals surface area (Å²) in [5.74, 6) is -1.18. The Morgan fingerprint density at radius 1 is 0.788 bits per heavy atom. The molecule has 0 unspecified atom stereocenters. The standard InChI is InChI=1S/C24H26F6O3/c1-6-21(4,5)33-19-13-9-17(10-14-19)22(23(25,26)27,24(28,29)30)16-7-11-18(12-8-16)32-20(31)15(2)3/h7-15H,6H2,1-5H3. The maximum Gasteiger partial charge on any atom is 0.411 e. The van der Waals surface area contributed by atoms with Gasteiger partial charge in [-0.15, -0.1) is 0 Å². The minimum Gasteiger partial charge on any atom is -0.488 e. The second-order valence-electron chi connectivity index (χ2n) is 8.59. The Kier molecular flexibility index (Phi) is 7.45. The molecule has 182 valence electrons. The zero-order valence-corrected chi connectivity index (χ0v) is 18.9. The number of rotatable bonds is 7. The van der Waals surface area contributed by atoms with Gasteiger partial charge in [0.15, 0.2) is 0 Å². The van der Waals surface area contributed by atoms with Crippen LogP contribution in [0.4, 0.5) is 26.3 Å². The molecule has 0 amide bonds. The van der Waals surface area contributed by atoms with E-state index in [0.29, 0.717) is 18.6 Å². The molecule has 3 nitrogen and oxygen atoms in total. The van der Waals surface area contributed by atoms with Crippen LogP contribution >= 0.6 is 0 Å². The highest BCUT2D eigenvalue weighted by Gasteiger charge is 2.72. The second kappa shape index (κ2) is 9.27. The van der Waals surface area contributed by atoms with Gasteiger partial charge in [-0.05, 0) is 55.7 Å². The molecule has 0 aliphatic rings. The highest BCUT2D eigenvalue weighted by atomic mass is 19.4. The second-order valence-corrected chi connectivity index (χ2v) is 8.59. The summed E-state index contributed by atoms with van der Waals surface area (Å²) < 4.78 is 96.1. The lowest BCUT2D eigenvalue weighted by molar-refractivity contribution is -0.288. The molecular weight excluding hydrogens is 450 g/mol. The highest BCUT2D eigenvalue weighted by molar-refractivity contribution is 5.74. The van der Waals surface area contributed by atoms with Gasteiger partial charge in [-0.1, -0.05) is 45.0 Å². The highest BCUT2D eigenvalue weighted by Crippen LogP contribution is 2.56. The Hall–Kier alpha value is -2.71. The molecule has 0 aromatic heterocycles. The average Bonchev–Trinajstić information content (AvgIpc) is 2.68. The van der Waals surface area contributed by atoms with Crippen LogP contribution in [0.15, 0.2) is 48.5 Å². The molecule has 33 heavy (non-hydrogen) atoms. The van der Waals surface area contributed by atoms with Crippen molar-refractivity contribution in [3.8, 4) is 11.5 Å². The van der Waals surface area contributed by atoms with E-state index in [1.165, 1.54) is 0 Å². The zero-order valence-electron chi connectivity index (χ0n) is 18.9. The van der Waals surface area contributed by atoms with Crippen molar-refractivity contribution in [1.82, 2.24) is 0 Å². The molecule has 9 heteroatoms. The van der Waals surface area contributed by atoms with Crippen LogP contribution in [0.3, 0.4) is 0 Å². The third kappa shape index (κ3) is 5.45. The van der Waals surface area contributed by atoms with Crippen LogP contribution in [0.25, 0.3) is 0 Å². The molecule has 0 aliphatic carbocycles. The number of esters is 1. The van der Waals surface area contributed by atoms with E-state index in [4.69, 9.17) is 9.47 Å². The van der Waals surface area contributed by atoms with E-state index in [1.54, 1.807) is 27.7 Å². The molecule has 0 atom stereocenters. The number of carbonyl (C=O) groups is 1. The summed E-state index contributed by atoms with van der Waals surface area (Å²) in [4.78, 5) is 11.7. The van der Waals surface area contributed by atoms with Crippen molar-refractivity contribution in [3.05, 3.63) is 59.7 Å². The third-order valence-electron chi connectivity index (χ3n) is 5.36. The minimum atomic E-state index is -5.72. The molecule has 0 radical (unpaired) electrons. The Morgan fingerprint density at radius 3 is 1.52 bits per heavy atom. The van der Waals surface area contributed by atoms with E-state index in [9.17, 15) is 31.1 Å². The molecule has 0 fully saturated rings. The van der Waals surface area contributed by atoms with Crippen molar-refractivity contribution in [2.45, 2.75) is 64.4 Å². The van der Waals surface area contributed by atoms with Crippen molar-refractivity contribution in [1.29, 1.82) is 0 Å². The van der Waals surface area contributed by atoms with Gasteiger partial charge in [0.2, 0.25) is 5.41 Å². The van der Waals surface area contributed by atoms with Crippen LogP contribution < -0.4 is 9.47 Å². The number of ether oxygens (including phenoxy) is 2. The largest absolute Gasteiger partial charge is 0.488 e. The van der Waals surface area contributed by atoms with Crippen LogP contribution in [0.1, 0.15) is 52.2 Å². The molecule has 0 spiro atoms. The fourth-order valence-corrected chi connectivity index (χ4v) is 3.15. The summed E-state index contributed by atoms with van der Waals surface area (Å²) in [6.45, 7) is 8.44. The van der Waals surface area contributed by atoms with Crippen LogP contribution in [-0.2, 0) is 10.2 Å². The molecule has 2 aromatic carbocycles. The number of hydrogen-bond donors (Lipinski definition) is 0. The van der Waals surface area contributed by atoms with Gasteiger partial charge < -0.3 is 9.47 Å². The average molecular weight is 476 g/mol. The minimum absolute atomic E-state index is 0.152. The monoisotopic (exact) mass is 476 g/mol. The molecule has 0 saturated carbocycles. The quantitative estimate of drug-likeness (QED) is 0.240. The van der Waals surface area contributed by atoms with E-state index in [0.717, 1.165) is 36.4 Å². The third-order valence-corrected chi connectivity index (χ3v) is 5.36. The molecular formula is C24H26F6O3. The number of carbonyl (C=O) groups excluding carboxylic acids is 1. The number of benzene rings is 2. The van der Waals surface area contributed by atoms with Crippen molar-refractivity contribution < 1.29 is 40.6 Å². The Morgan fingerprint density at radius 2 is 1.18 bits per heavy atom. The molecule has 0 aliphatic heterocycles. The van der Waals surface area contributed by atoms with Gasteiger partial charge in [0, 0.05) is 0 Å². The van der Waals surface area contributed by atoms with Crippen molar-refractivity contribution >= 4 is 5.97 Å². The Bertz CT molecular complexity index is 928. The zero-order chi connectivity index (χ0) is 25.2. The number of alkyl halides is 6. The van der Waals surface area contributed by atoms with Gasteiger partial charge in [0.05, 0.1) is 5.92 Å². The van der Waals surface area contributed by atoms with Crippen molar-refractivity contribution in [2.24, 2.45) is 5.92 Å². The summed E-state index contributed by atoms with van der Waals surface area (Å²) in [5, 5.41) is 0. The van der Waals surface area contributed by atoms with E-state index in [1.807, 2.05) is 6.92 Å². The van der Waals surface area contributed by atoms with Crippen LogP contribution in [-0.4, -0.2) is 23.9 Å². The van der Waals surface area contributed by atoms with Gasteiger partial charge in [0.25, 0.3) is 0 Å². The summed E-state index contributed by atoms with van der Waals surface area (Å²) in [5.41, 5.74) is -6.99. The molecule has 0 N–H and O–H groups in total. The predicted octanol–water partition coefficient (Wildman–Crippen LogP) is 7.23. The number of hydrogen-bond acceptors (Lipinski definition) is 3. The lowest BCUT2D eigenvalue weighted by atomic mass is 9.73. The van der Waals surface area contributed by atoms with Gasteiger partial charge in [0.1, 0.15) is 17.1 Å². The lowest BCUT2D eigenvalue weighted by Crippen LogP contribution is -2.54. The van der Waals surface area contributed by atoms with Crippen LogP contribution in [0.2, 0.25) is 0 Å². The molecule has 2 rings (SSSR count). The molecule has 2 aromatic rings. The summed E-state index contributed by atoms with van der Waals surface area (Å²) in [6.07, 6.45) is -10.9. The SMILES string of the molecule is CCC(C)(C)Oc1ccc(C(c2ccc(OC(=O)C(C)C)cc2)(C(F)(F)F)C(F)(F)F)cc1. The first-order valence-electron chi connectivity index (χ1n) is 10.3. The summed E-state index contributed by atoms with van der Waals surface area (Å²) >= 11 is 0. The fourth-order valence-electron chi connectivity index (χ4n) is 3.15. The summed E-state index contributed by atoms with van der Waals surface area (Å²) in [6, 6.07) is 6.92. The van der Waals surface area contributed by atoms with E-state index in [2.05, 4.69) is 0 Å². The van der Waals surface area contributed by atoms with E-state index >= 15 is 0 Å². The van der Waals surface area contributed by atoms with E-state index < -0.39 is 46.4 Å². The van der Waals surface area contributed by atoms with Gasteiger partial charge in [-0.3, -0.25) is 4.79 Å². The summed E-state index contributed by atoms with van der Waals surface area (Å²) in [7, 11) is 0. The van der Waals surface area contributed by atoms with Gasteiger partial charge in [-0.2, -0.15) is 26.3 Å². The molecule has 0 heterocycles. The topological polar surface area (TPSA) is 35.5 Å².